The Balaban J connectivity index is 1.44. The van der Waals surface area contributed by atoms with Gasteiger partial charge in [0.1, 0.15) is 5.82 Å². The lowest BCUT2D eigenvalue weighted by Gasteiger charge is -2.18. The second-order valence-electron chi connectivity index (χ2n) is 9.49. The third-order valence-corrected chi connectivity index (χ3v) is 6.88. The van der Waals surface area contributed by atoms with Crippen molar-refractivity contribution in [1.82, 2.24) is 4.90 Å². The lowest BCUT2D eigenvalue weighted by molar-refractivity contribution is 0.101. The molecule has 2 N–H and O–H groups in total. The van der Waals surface area contributed by atoms with Crippen LogP contribution in [0.15, 0.2) is 60.7 Å². The normalized spacial score (nSPS) is 13.2. The highest BCUT2D eigenvalue weighted by Crippen LogP contribution is 2.25. The summed E-state index contributed by atoms with van der Waals surface area (Å²) in [5.41, 5.74) is 4.70. The molecule has 37 heavy (non-hydrogen) atoms. The fourth-order valence-corrected chi connectivity index (χ4v) is 4.56. The van der Waals surface area contributed by atoms with E-state index in [1.165, 1.54) is 12.1 Å². The average Bonchev–Trinajstić information content (AvgIpc) is 3.44. The first-order valence-corrected chi connectivity index (χ1v) is 13.0. The molecule has 0 radical (unpaired) electrons. The van der Waals surface area contributed by atoms with E-state index < -0.39 is 11.7 Å². The van der Waals surface area contributed by atoms with Crippen LogP contribution in [0.5, 0.6) is 0 Å². The number of hydrogen-bond donors (Lipinski definition) is 2. The topological polar surface area (TPSA) is 64.7 Å². The molecule has 6 nitrogen and oxygen atoms in total. The van der Waals surface area contributed by atoms with Crippen LogP contribution >= 0.6 is 0 Å². The number of benzene rings is 3. The highest BCUT2D eigenvalue weighted by Gasteiger charge is 2.17. The maximum atomic E-state index is 14.3. The first kappa shape index (κ1) is 26.4. The van der Waals surface area contributed by atoms with Crippen LogP contribution in [-0.2, 0) is 6.54 Å². The molecule has 3 aromatic carbocycles. The molecule has 194 valence electrons. The van der Waals surface area contributed by atoms with Gasteiger partial charge in [0.2, 0.25) is 0 Å². The minimum atomic E-state index is -0.436. The molecule has 1 aliphatic heterocycles. The summed E-state index contributed by atoms with van der Waals surface area (Å²) in [6.45, 7) is 10.7. The maximum Gasteiger partial charge on any atom is 0.255 e. The van der Waals surface area contributed by atoms with Crippen molar-refractivity contribution in [1.29, 1.82) is 0 Å². The molecule has 1 saturated heterocycles. The lowest BCUT2D eigenvalue weighted by atomic mass is 10.1. The first-order chi connectivity index (χ1) is 17.9. The van der Waals surface area contributed by atoms with Gasteiger partial charge in [-0.05, 0) is 86.4 Å². The Morgan fingerprint density at radius 2 is 1.54 bits per heavy atom. The number of carbonyl (C=O) groups excluding carboxylic acids is 2. The molecule has 4 rings (SSSR count). The van der Waals surface area contributed by atoms with Crippen LogP contribution in [0.1, 0.15) is 58.5 Å². The highest BCUT2D eigenvalue weighted by molar-refractivity contribution is 6.07. The molecule has 0 saturated carbocycles. The SMILES string of the molecule is CCN(CC)Cc1ccc(C(=O)Nc2cc(NC(=O)c3cc(F)cc(N4CCCC4)c3)ccc2C)cc1. The van der Waals surface area contributed by atoms with Crippen molar-refractivity contribution < 1.29 is 14.0 Å². The van der Waals surface area contributed by atoms with Crippen LogP contribution in [0.2, 0.25) is 0 Å². The summed E-state index contributed by atoms with van der Waals surface area (Å²) >= 11 is 0. The molecule has 2 amide bonds. The summed E-state index contributed by atoms with van der Waals surface area (Å²) in [6.07, 6.45) is 2.13. The van der Waals surface area contributed by atoms with Crippen molar-refractivity contribution in [2.45, 2.75) is 40.2 Å². The van der Waals surface area contributed by atoms with Gasteiger partial charge in [0.15, 0.2) is 0 Å². The van der Waals surface area contributed by atoms with E-state index in [1.807, 2.05) is 37.3 Å². The largest absolute Gasteiger partial charge is 0.371 e. The van der Waals surface area contributed by atoms with Crippen molar-refractivity contribution >= 4 is 28.9 Å². The fraction of sp³-hybridized carbons (Fsp3) is 0.333. The molecule has 0 spiro atoms. The molecule has 0 aliphatic carbocycles. The van der Waals surface area contributed by atoms with Gasteiger partial charge in [-0.3, -0.25) is 14.5 Å². The van der Waals surface area contributed by atoms with E-state index in [-0.39, 0.29) is 11.5 Å². The Morgan fingerprint density at radius 1 is 0.865 bits per heavy atom. The van der Waals surface area contributed by atoms with Crippen LogP contribution in [0.4, 0.5) is 21.5 Å². The quantitative estimate of drug-likeness (QED) is 0.372. The van der Waals surface area contributed by atoms with Crippen LogP contribution in [0, 0.1) is 12.7 Å². The van der Waals surface area contributed by atoms with Crippen molar-refractivity contribution in [2.75, 3.05) is 41.7 Å². The number of carbonyl (C=O) groups is 2. The Kier molecular flexibility index (Phi) is 8.56. The third-order valence-electron chi connectivity index (χ3n) is 6.88. The zero-order valence-corrected chi connectivity index (χ0v) is 21.8. The van der Waals surface area contributed by atoms with Gasteiger partial charge in [0, 0.05) is 47.8 Å². The molecule has 0 atom stereocenters. The van der Waals surface area contributed by atoms with Crippen LogP contribution in [0.3, 0.4) is 0 Å². The molecular weight excluding hydrogens is 467 g/mol. The average molecular weight is 503 g/mol. The van der Waals surface area contributed by atoms with Crippen LogP contribution < -0.4 is 15.5 Å². The molecule has 7 heteroatoms. The van der Waals surface area contributed by atoms with E-state index in [2.05, 4.69) is 34.3 Å². The number of anilines is 3. The molecule has 0 aromatic heterocycles. The van der Waals surface area contributed by atoms with Crippen molar-refractivity contribution in [3.05, 3.63) is 88.7 Å². The van der Waals surface area contributed by atoms with Crippen LogP contribution in [-0.4, -0.2) is 42.9 Å². The van der Waals surface area contributed by atoms with Gasteiger partial charge in [0.05, 0.1) is 0 Å². The zero-order valence-electron chi connectivity index (χ0n) is 21.8. The predicted octanol–water partition coefficient (Wildman–Crippen LogP) is 6.08. The Bertz CT molecular complexity index is 1250. The lowest BCUT2D eigenvalue weighted by Crippen LogP contribution is -2.22. The van der Waals surface area contributed by atoms with Gasteiger partial charge in [-0.1, -0.05) is 32.0 Å². The zero-order chi connectivity index (χ0) is 26.4. The van der Waals surface area contributed by atoms with Gasteiger partial charge in [-0.2, -0.15) is 0 Å². The number of nitrogens with one attached hydrogen (secondary N) is 2. The molecule has 0 bridgehead atoms. The van der Waals surface area contributed by atoms with E-state index >= 15 is 0 Å². The Labute approximate surface area is 218 Å². The minimum absolute atomic E-state index is 0.221. The van der Waals surface area contributed by atoms with Crippen molar-refractivity contribution in [3.63, 3.8) is 0 Å². The summed E-state index contributed by atoms with van der Waals surface area (Å²) in [4.78, 5) is 30.3. The highest BCUT2D eigenvalue weighted by atomic mass is 19.1. The minimum Gasteiger partial charge on any atom is -0.371 e. The number of halogens is 1. The van der Waals surface area contributed by atoms with Crippen molar-refractivity contribution in [3.8, 4) is 0 Å². The van der Waals surface area contributed by atoms with Gasteiger partial charge < -0.3 is 15.5 Å². The van der Waals surface area contributed by atoms with Crippen LogP contribution in [0.25, 0.3) is 0 Å². The first-order valence-electron chi connectivity index (χ1n) is 13.0. The molecule has 1 fully saturated rings. The number of rotatable bonds is 9. The van der Waals surface area contributed by atoms with Gasteiger partial charge >= 0.3 is 0 Å². The monoisotopic (exact) mass is 502 g/mol. The van der Waals surface area contributed by atoms with E-state index in [1.54, 1.807) is 18.2 Å². The molecule has 0 unspecified atom stereocenters. The van der Waals surface area contributed by atoms with E-state index in [0.29, 0.717) is 16.9 Å². The number of hydrogen-bond acceptors (Lipinski definition) is 4. The van der Waals surface area contributed by atoms with E-state index in [4.69, 9.17) is 0 Å². The summed E-state index contributed by atoms with van der Waals surface area (Å²) < 4.78 is 14.3. The fourth-order valence-electron chi connectivity index (χ4n) is 4.56. The number of amides is 2. The van der Waals surface area contributed by atoms with Crippen molar-refractivity contribution in [2.24, 2.45) is 0 Å². The van der Waals surface area contributed by atoms with Gasteiger partial charge in [0.25, 0.3) is 11.8 Å². The summed E-state index contributed by atoms with van der Waals surface area (Å²) in [5, 5.41) is 5.79. The molecule has 3 aromatic rings. The van der Waals surface area contributed by atoms with E-state index in [0.717, 1.165) is 62.4 Å². The second-order valence-corrected chi connectivity index (χ2v) is 9.49. The Morgan fingerprint density at radius 3 is 2.22 bits per heavy atom. The standard InChI is InChI=1S/C30H35FN4O2/c1-4-34(5-2)20-22-9-11-23(12-10-22)29(36)33-28-19-26(13-8-21(28)3)32-30(37)24-16-25(31)18-27(17-24)35-14-6-7-15-35/h8-13,16-19H,4-7,14-15,20H2,1-3H3,(H,32,37)(H,33,36). The third kappa shape index (κ3) is 6.74. The molecule has 1 heterocycles. The second kappa shape index (κ2) is 12.0. The number of aryl methyl sites for hydroxylation is 1. The summed E-state index contributed by atoms with van der Waals surface area (Å²) in [7, 11) is 0. The Hall–Kier alpha value is -3.71. The maximum absolute atomic E-state index is 14.3. The predicted molar refractivity (Wildman–Crippen MR) is 148 cm³/mol. The van der Waals surface area contributed by atoms with E-state index in [9.17, 15) is 14.0 Å². The smallest absolute Gasteiger partial charge is 0.255 e. The number of nitrogens with zero attached hydrogens (tertiary/aromatic N) is 2. The summed E-state index contributed by atoms with van der Waals surface area (Å²) in [6, 6.07) is 17.4. The van der Waals surface area contributed by atoms with Gasteiger partial charge in [-0.15, -0.1) is 0 Å². The molecule has 1 aliphatic rings. The van der Waals surface area contributed by atoms with Gasteiger partial charge in [-0.25, -0.2) is 4.39 Å². The summed E-state index contributed by atoms with van der Waals surface area (Å²) in [5.74, 6) is -1.05. The molecular formula is C30H35FN4O2.